The normalized spacial score (nSPS) is 10.8. The van der Waals surface area contributed by atoms with Crippen molar-refractivity contribution >= 4 is 47.2 Å². The Kier molecular flexibility index (Phi) is 9.01. The Morgan fingerprint density at radius 2 is 1.93 bits per heavy atom. The fourth-order valence-corrected chi connectivity index (χ4v) is 2.76. The highest BCUT2D eigenvalue weighted by Gasteiger charge is 2.06. The highest BCUT2D eigenvalue weighted by molar-refractivity contribution is 14.0. The van der Waals surface area contributed by atoms with Gasteiger partial charge in [-0.1, -0.05) is 48.0 Å². The molecule has 8 heteroatoms. The Balaban J connectivity index is 0.00000300. The van der Waals surface area contributed by atoms with Gasteiger partial charge in [0.25, 0.3) is 0 Å². The zero-order valence-corrected chi connectivity index (χ0v) is 18.9. The van der Waals surface area contributed by atoms with Crippen LogP contribution in [0.2, 0.25) is 5.02 Å². The molecule has 1 heterocycles. The summed E-state index contributed by atoms with van der Waals surface area (Å²) >= 11 is 6.12. The molecule has 6 nitrogen and oxygen atoms in total. The number of aliphatic imine (C=N–C) groups is 1. The van der Waals surface area contributed by atoms with Gasteiger partial charge >= 0.3 is 0 Å². The number of hydrogen-bond acceptors (Lipinski definition) is 4. The molecule has 29 heavy (non-hydrogen) atoms. The van der Waals surface area contributed by atoms with Crippen LogP contribution in [-0.4, -0.2) is 18.1 Å². The minimum absolute atomic E-state index is 0. The van der Waals surface area contributed by atoms with Crippen molar-refractivity contribution in [1.29, 1.82) is 0 Å². The van der Waals surface area contributed by atoms with E-state index >= 15 is 0 Å². The quantitative estimate of drug-likeness (QED) is 0.262. The van der Waals surface area contributed by atoms with Crippen molar-refractivity contribution in [2.45, 2.75) is 13.2 Å². The molecule has 3 N–H and O–H groups in total. The van der Waals surface area contributed by atoms with Crippen molar-refractivity contribution in [2.75, 3.05) is 12.4 Å². The number of benzene rings is 2. The minimum atomic E-state index is 0. The van der Waals surface area contributed by atoms with Crippen LogP contribution in [0.1, 0.15) is 11.1 Å². The SMILES string of the molecule is COc1ccc(NC(N)=NCc2cccnc2OCc2ccccc2)cc1Cl.I. The van der Waals surface area contributed by atoms with Gasteiger partial charge in [-0.25, -0.2) is 9.98 Å². The van der Waals surface area contributed by atoms with E-state index in [2.05, 4.69) is 15.3 Å². The molecule has 0 unspecified atom stereocenters. The van der Waals surface area contributed by atoms with Gasteiger partial charge in [0.2, 0.25) is 5.88 Å². The molecule has 0 spiro atoms. The summed E-state index contributed by atoms with van der Waals surface area (Å²) < 4.78 is 11.0. The lowest BCUT2D eigenvalue weighted by Crippen LogP contribution is -2.22. The summed E-state index contributed by atoms with van der Waals surface area (Å²) in [6.07, 6.45) is 1.69. The number of guanidine groups is 1. The third-order valence-corrected chi connectivity index (χ3v) is 4.21. The van der Waals surface area contributed by atoms with Gasteiger partial charge in [-0.15, -0.1) is 24.0 Å². The second kappa shape index (κ2) is 11.5. The first kappa shape index (κ1) is 22.8. The number of aromatic nitrogens is 1. The number of rotatable bonds is 7. The topological polar surface area (TPSA) is 81.8 Å². The van der Waals surface area contributed by atoms with E-state index in [9.17, 15) is 0 Å². The van der Waals surface area contributed by atoms with E-state index in [-0.39, 0.29) is 29.9 Å². The number of nitrogens with two attached hydrogens (primary N) is 1. The Labute approximate surface area is 192 Å². The zero-order chi connectivity index (χ0) is 19.8. The van der Waals surface area contributed by atoms with Gasteiger partial charge in [0.15, 0.2) is 5.96 Å². The molecule has 0 aliphatic carbocycles. The number of pyridine rings is 1. The largest absolute Gasteiger partial charge is 0.495 e. The average molecular weight is 525 g/mol. The van der Waals surface area contributed by atoms with E-state index in [1.54, 1.807) is 25.4 Å². The number of ether oxygens (including phenoxy) is 2. The molecule has 0 aliphatic rings. The van der Waals surface area contributed by atoms with Gasteiger partial charge in [-0.05, 0) is 29.8 Å². The van der Waals surface area contributed by atoms with Crippen LogP contribution in [0.3, 0.4) is 0 Å². The van der Waals surface area contributed by atoms with Crippen molar-refractivity contribution in [3.63, 3.8) is 0 Å². The second-order valence-corrected chi connectivity index (χ2v) is 6.32. The molecule has 0 saturated heterocycles. The van der Waals surface area contributed by atoms with E-state index in [1.807, 2.05) is 48.5 Å². The Morgan fingerprint density at radius 1 is 1.14 bits per heavy atom. The maximum absolute atomic E-state index is 6.12. The van der Waals surface area contributed by atoms with Gasteiger partial charge in [0.05, 0.1) is 18.7 Å². The summed E-state index contributed by atoms with van der Waals surface area (Å²) in [7, 11) is 1.56. The van der Waals surface area contributed by atoms with E-state index in [0.29, 0.717) is 29.8 Å². The molecule has 0 atom stereocenters. The van der Waals surface area contributed by atoms with E-state index in [0.717, 1.165) is 16.8 Å². The van der Waals surface area contributed by atoms with E-state index < -0.39 is 0 Å². The highest BCUT2D eigenvalue weighted by Crippen LogP contribution is 2.27. The first-order chi connectivity index (χ1) is 13.7. The summed E-state index contributed by atoms with van der Waals surface area (Å²) in [6.45, 7) is 0.771. The molecule has 0 bridgehead atoms. The Hall–Kier alpha value is -2.52. The smallest absolute Gasteiger partial charge is 0.218 e. The molecule has 0 fully saturated rings. The van der Waals surface area contributed by atoms with Crippen molar-refractivity contribution in [3.05, 3.63) is 83.0 Å². The lowest BCUT2D eigenvalue weighted by atomic mass is 10.2. The lowest BCUT2D eigenvalue weighted by molar-refractivity contribution is 0.290. The third-order valence-electron chi connectivity index (χ3n) is 3.91. The summed E-state index contributed by atoms with van der Waals surface area (Å²) in [5.41, 5.74) is 8.63. The zero-order valence-electron chi connectivity index (χ0n) is 15.8. The molecule has 3 aromatic rings. The van der Waals surface area contributed by atoms with Gasteiger partial charge < -0.3 is 20.5 Å². The van der Waals surface area contributed by atoms with Gasteiger partial charge in [-0.2, -0.15) is 0 Å². The van der Waals surface area contributed by atoms with Gasteiger partial charge in [0.1, 0.15) is 12.4 Å². The lowest BCUT2D eigenvalue weighted by Gasteiger charge is -2.10. The standard InChI is InChI=1S/C21H21ClN4O2.HI/c1-27-19-10-9-17(12-18(19)22)26-21(23)25-13-16-8-5-11-24-20(16)28-14-15-6-3-2-4-7-15;/h2-12H,13-14H2,1H3,(H3,23,25,26);1H. The molecule has 3 rings (SSSR count). The predicted octanol–water partition coefficient (Wildman–Crippen LogP) is 4.87. The number of hydrogen-bond donors (Lipinski definition) is 2. The van der Waals surface area contributed by atoms with E-state index in [4.69, 9.17) is 26.8 Å². The summed E-state index contributed by atoms with van der Waals surface area (Å²) in [5.74, 6) is 1.40. The van der Waals surface area contributed by atoms with Crippen LogP contribution in [0, 0.1) is 0 Å². The van der Waals surface area contributed by atoms with Crippen LogP contribution in [0.4, 0.5) is 5.69 Å². The van der Waals surface area contributed by atoms with Crippen LogP contribution in [0.15, 0.2) is 71.9 Å². The molecule has 1 aromatic heterocycles. The van der Waals surface area contributed by atoms with E-state index in [1.165, 1.54) is 0 Å². The number of halogens is 2. The second-order valence-electron chi connectivity index (χ2n) is 5.92. The Bertz CT molecular complexity index is 954. The number of nitrogens with zero attached hydrogens (tertiary/aromatic N) is 2. The summed E-state index contributed by atoms with van der Waals surface area (Å²) in [5, 5.41) is 3.50. The Morgan fingerprint density at radius 3 is 2.66 bits per heavy atom. The van der Waals surface area contributed by atoms with Crippen molar-refractivity contribution in [3.8, 4) is 11.6 Å². The summed E-state index contributed by atoms with van der Waals surface area (Å²) in [4.78, 5) is 8.67. The highest BCUT2D eigenvalue weighted by atomic mass is 127. The molecular formula is C21H22ClIN4O2. The first-order valence-corrected chi connectivity index (χ1v) is 9.04. The number of methoxy groups -OCH3 is 1. The predicted molar refractivity (Wildman–Crippen MR) is 127 cm³/mol. The summed E-state index contributed by atoms with van der Waals surface area (Å²) in [6, 6.07) is 19.0. The molecule has 152 valence electrons. The number of anilines is 1. The molecule has 0 amide bonds. The van der Waals surface area contributed by atoms with Crippen molar-refractivity contribution in [2.24, 2.45) is 10.7 Å². The van der Waals surface area contributed by atoms with Crippen LogP contribution in [-0.2, 0) is 13.2 Å². The van der Waals surface area contributed by atoms with Crippen molar-refractivity contribution in [1.82, 2.24) is 4.98 Å². The minimum Gasteiger partial charge on any atom is -0.495 e. The average Bonchev–Trinajstić information content (AvgIpc) is 2.72. The third kappa shape index (κ3) is 6.79. The van der Waals surface area contributed by atoms with Gasteiger partial charge in [-0.3, -0.25) is 0 Å². The maximum Gasteiger partial charge on any atom is 0.218 e. The monoisotopic (exact) mass is 524 g/mol. The fourth-order valence-electron chi connectivity index (χ4n) is 2.50. The first-order valence-electron chi connectivity index (χ1n) is 8.67. The molecule has 0 aliphatic heterocycles. The maximum atomic E-state index is 6.12. The van der Waals surface area contributed by atoms with Crippen molar-refractivity contribution < 1.29 is 9.47 Å². The molecule has 2 aromatic carbocycles. The fraction of sp³-hybridized carbons (Fsp3) is 0.143. The number of nitrogens with one attached hydrogen (secondary N) is 1. The van der Waals surface area contributed by atoms with Gasteiger partial charge in [0, 0.05) is 17.4 Å². The van der Waals surface area contributed by atoms with Crippen LogP contribution < -0.4 is 20.5 Å². The molecule has 0 radical (unpaired) electrons. The van der Waals surface area contributed by atoms with Crippen LogP contribution in [0.5, 0.6) is 11.6 Å². The molecular weight excluding hydrogens is 503 g/mol. The van der Waals surface area contributed by atoms with Crippen LogP contribution in [0.25, 0.3) is 0 Å². The van der Waals surface area contributed by atoms with Crippen LogP contribution >= 0.6 is 35.6 Å². The molecule has 0 saturated carbocycles.